The standard InChI is InChI=1S/C12H13N3O2S2/c16-19(17)7-10-11(8-19)15(12(18)14-10)13-6-9-4-2-1-3-5-9/h1-6,10-11H,7-8H2,(H,14,18)/b13-6+/t10-,11-/m1/s1. The fraction of sp³-hybridized carbons (Fsp3) is 0.333. The Morgan fingerprint density at radius 3 is 2.79 bits per heavy atom. The Morgan fingerprint density at radius 1 is 1.32 bits per heavy atom. The number of hydrogen-bond donors (Lipinski definition) is 1. The Hall–Kier alpha value is -1.47. The molecule has 1 aromatic carbocycles. The van der Waals surface area contributed by atoms with Crippen molar-refractivity contribution >= 4 is 33.4 Å². The SMILES string of the molecule is O=S1(=O)C[C@@H]2[C@@H](C1)NC(=S)N2/N=C/c1ccccc1. The predicted octanol–water partition coefficient (Wildman–Crippen LogP) is 0.376. The number of benzene rings is 1. The van der Waals surface area contributed by atoms with Crippen LogP contribution < -0.4 is 5.32 Å². The largest absolute Gasteiger partial charge is 0.355 e. The van der Waals surface area contributed by atoms with Gasteiger partial charge in [-0.15, -0.1) is 0 Å². The number of nitrogens with one attached hydrogen (secondary N) is 1. The number of thiocarbonyl (C=S) groups is 1. The van der Waals surface area contributed by atoms with Crippen molar-refractivity contribution in [3.05, 3.63) is 35.9 Å². The minimum absolute atomic E-state index is 0.108. The van der Waals surface area contributed by atoms with Crippen LogP contribution in [0.2, 0.25) is 0 Å². The molecule has 0 bridgehead atoms. The molecule has 3 rings (SSSR count). The molecule has 5 nitrogen and oxygen atoms in total. The third-order valence-corrected chi connectivity index (χ3v) is 5.31. The van der Waals surface area contributed by atoms with Crippen molar-refractivity contribution in [2.75, 3.05) is 11.5 Å². The summed E-state index contributed by atoms with van der Waals surface area (Å²) >= 11 is 5.19. The Balaban J connectivity index is 1.81. The molecule has 2 fully saturated rings. The zero-order chi connectivity index (χ0) is 13.5. The molecule has 1 N–H and O–H groups in total. The fourth-order valence-electron chi connectivity index (χ4n) is 2.39. The van der Waals surface area contributed by atoms with Gasteiger partial charge in [0.2, 0.25) is 0 Å². The Kier molecular flexibility index (Phi) is 3.02. The lowest BCUT2D eigenvalue weighted by Gasteiger charge is -2.16. The summed E-state index contributed by atoms with van der Waals surface area (Å²) in [5.41, 5.74) is 0.953. The van der Waals surface area contributed by atoms with Crippen LogP contribution in [0.15, 0.2) is 35.4 Å². The normalized spacial score (nSPS) is 28.6. The van der Waals surface area contributed by atoms with Crippen LogP contribution in [-0.2, 0) is 9.84 Å². The minimum atomic E-state index is -2.98. The van der Waals surface area contributed by atoms with Gasteiger partial charge in [0.1, 0.15) is 0 Å². The molecule has 100 valence electrons. The lowest BCUT2D eigenvalue weighted by atomic mass is 10.2. The van der Waals surface area contributed by atoms with E-state index < -0.39 is 9.84 Å². The summed E-state index contributed by atoms with van der Waals surface area (Å²) in [7, 11) is -2.98. The van der Waals surface area contributed by atoms with Crippen LogP contribution in [0.4, 0.5) is 0 Å². The van der Waals surface area contributed by atoms with Crippen LogP contribution in [0, 0.1) is 0 Å². The molecule has 19 heavy (non-hydrogen) atoms. The van der Waals surface area contributed by atoms with Gasteiger partial charge >= 0.3 is 0 Å². The molecular weight excluding hydrogens is 282 g/mol. The molecule has 0 amide bonds. The number of fused-ring (bicyclic) bond motifs is 1. The molecule has 0 unspecified atom stereocenters. The lowest BCUT2D eigenvalue weighted by molar-refractivity contribution is 0.374. The van der Waals surface area contributed by atoms with Crippen molar-refractivity contribution in [1.82, 2.24) is 10.3 Å². The van der Waals surface area contributed by atoms with E-state index in [0.29, 0.717) is 5.11 Å². The molecule has 0 radical (unpaired) electrons. The highest BCUT2D eigenvalue weighted by Crippen LogP contribution is 2.24. The number of hydrogen-bond acceptors (Lipinski definition) is 4. The monoisotopic (exact) mass is 295 g/mol. The molecule has 0 aliphatic carbocycles. The molecule has 2 saturated heterocycles. The van der Waals surface area contributed by atoms with E-state index in [-0.39, 0.29) is 23.6 Å². The topological polar surface area (TPSA) is 61.8 Å². The second kappa shape index (κ2) is 4.57. The molecule has 7 heteroatoms. The molecule has 0 saturated carbocycles. The maximum Gasteiger partial charge on any atom is 0.190 e. The summed E-state index contributed by atoms with van der Waals surface area (Å²) in [5, 5.41) is 9.45. The molecule has 2 aliphatic rings. The maximum atomic E-state index is 11.6. The van der Waals surface area contributed by atoms with Gasteiger partial charge in [-0.1, -0.05) is 30.3 Å². The van der Waals surface area contributed by atoms with E-state index in [1.54, 1.807) is 11.2 Å². The van der Waals surface area contributed by atoms with E-state index in [1.807, 2.05) is 30.3 Å². The first-order chi connectivity index (χ1) is 9.05. The van der Waals surface area contributed by atoms with Gasteiger partial charge in [-0.05, 0) is 17.8 Å². The number of rotatable bonds is 2. The van der Waals surface area contributed by atoms with Crippen molar-refractivity contribution in [1.29, 1.82) is 0 Å². The summed E-state index contributed by atoms with van der Waals surface area (Å²) in [6, 6.07) is 9.31. The molecule has 2 heterocycles. The first kappa shape index (κ1) is 12.6. The Labute approximate surface area is 117 Å². The molecule has 0 aromatic heterocycles. The number of hydrazone groups is 1. The zero-order valence-electron chi connectivity index (χ0n) is 10.1. The van der Waals surface area contributed by atoms with Crippen molar-refractivity contribution in [2.45, 2.75) is 12.1 Å². The maximum absolute atomic E-state index is 11.6. The second-order valence-corrected chi connectivity index (χ2v) is 7.24. The molecule has 2 aliphatic heterocycles. The Bertz CT molecular complexity index is 628. The highest BCUT2D eigenvalue weighted by Gasteiger charge is 2.47. The van der Waals surface area contributed by atoms with Gasteiger partial charge in [-0.25, -0.2) is 13.4 Å². The van der Waals surface area contributed by atoms with Gasteiger partial charge in [0.15, 0.2) is 14.9 Å². The average molecular weight is 295 g/mol. The van der Waals surface area contributed by atoms with E-state index in [1.165, 1.54) is 0 Å². The number of sulfone groups is 1. The summed E-state index contributed by atoms with van der Waals surface area (Å²) < 4.78 is 23.2. The predicted molar refractivity (Wildman–Crippen MR) is 77.8 cm³/mol. The number of nitrogens with zero attached hydrogens (tertiary/aromatic N) is 2. The van der Waals surface area contributed by atoms with E-state index in [9.17, 15) is 8.42 Å². The highest BCUT2D eigenvalue weighted by molar-refractivity contribution is 7.91. The lowest BCUT2D eigenvalue weighted by Crippen LogP contribution is -2.32. The third kappa shape index (κ3) is 2.48. The van der Waals surface area contributed by atoms with E-state index in [2.05, 4.69) is 10.4 Å². The van der Waals surface area contributed by atoms with Crippen LogP contribution in [0.1, 0.15) is 5.56 Å². The fourth-order valence-corrected chi connectivity index (χ4v) is 4.61. The van der Waals surface area contributed by atoms with Gasteiger partial charge in [-0.3, -0.25) is 0 Å². The van der Waals surface area contributed by atoms with Gasteiger partial charge in [-0.2, -0.15) is 5.10 Å². The summed E-state index contributed by atoms with van der Waals surface area (Å²) in [6.07, 6.45) is 1.70. The van der Waals surface area contributed by atoms with Crippen molar-refractivity contribution in [2.24, 2.45) is 5.10 Å². The van der Waals surface area contributed by atoms with Crippen molar-refractivity contribution in [3.63, 3.8) is 0 Å². The molecule has 1 aromatic rings. The van der Waals surface area contributed by atoms with Crippen LogP contribution in [0.25, 0.3) is 0 Å². The first-order valence-electron chi connectivity index (χ1n) is 5.94. The van der Waals surface area contributed by atoms with Crippen LogP contribution in [0.5, 0.6) is 0 Å². The molecule has 0 spiro atoms. The van der Waals surface area contributed by atoms with E-state index >= 15 is 0 Å². The van der Waals surface area contributed by atoms with Gasteiger partial charge in [0.05, 0.1) is 29.8 Å². The van der Waals surface area contributed by atoms with Crippen molar-refractivity contribution in [3.8, 4) is 0 Å². The van der Waals surface area contributed by atoms with Gasteiger partial charge in [0, 0.05) is 0 Å². The van der Waals surface area contributed by atoms with Crippen LogP contribution >= 0.6 is 12.2 Å². The van der Waals surface area contributed by atoms with Crippen LogP contribution in [-0.4, -0.2) is 48.3 Å². The molecule has 2 atom stereocenters. The highest BCUT2D eigenvalue weighted by atomic mass is 32.2. The average Bonchev–Trinajstić information content (AvgIpc) is 2.79. The quantitative estimate of drug-likeness (QED) is 0.631. The second-order valence-electron chi connectivity index (χ2n) is 4.70. The summed E-state index contributed by atoms with van der Waals surface area (Å²) in [6.45, 7) is 0. The smallest absolute Gasteiger partial charge is 0.190 e. The summed E-state index contributed by atoms with van der Waals surface area (Å²) in [4.78, 5) is 0. The summed E-state index contributed by atoms with van der Waals surface area (Å²) in [5.74, 6) is 0.242. The zero-order valence-corrected chi connectivity index (χ0v) is 11.7. The van der Waals surface area contributed by atoms with Gasteiger partial charge < -0.3 is 5.32 Å². The van der Waals surface area contributed by atoms with Crippen molar-refractivity contribution < 1.29 is 8.42 Å². The minimum Gasteiger partial charge on any atom is -0.355 e. The van der Waals surface area contributed by atoms with E-state index in [4.69, 9.17) is 12.2 Å². The Morgan fingerprint density at radius 2 is 2.05 bits per heavy atom. The molecular formula is C12H13N3O2S2. The van der Waals surface area contributed by atoms with Crippen LogP contribution in [0.3, 0.4) is 0 Å². The third-order valence-electron chi connectivity index (χ3n) is 3.28. The van der Waals surface area contributed by atoms with Gasteiger partial charge in [0.25, 0.3) is 0 Å². The first-order valence-corrected chi connectivity index (χ1v) is 8.17. The van der Waals surface area contributed by atoms with E-state index in [0.717, 1.165) is 5.56 Å².